The molecule has 0 radical (unpaired) electrons. The Hall–Kier alpha value is -5.66. The number of ether oxygens (including phenoxy) is 1. The van der Waals surface area contributed by atoms with Crippen LogP contribution in [0.3, 0.4) is 0 Å². The molecule has 60 heavy (non-hydrogen) atoms. The molecule has 310 valence electrons. The van der Waals surface area contributed by atoms with Crippen LogP contribution in [0.5, 0.6) is 5.75 Å². The Kier molecular flexibility index (Phi) is 9.70. The third-order valence-electron chi connectivity index (χ3n) is 13.8. The average Bonchev–Trinajstić information content (AvgIpc) is 3.41. The van der Waals surface area contributed by atoms with E-state index in [2.05, 4.69) is 30.4 Å². The maximum Gasteiger partial charge on any atom is 0.271 e. The molecule has 5 aliphatic heterocycles. The first kappa shape index (κ1) is 38.5. The van der Waals surface area contributed by atoms with Crippen LogP contribution in [0, 0.1) is 34.9 Å². The Morgan fingerprint density at radius 1 is 0.900 bits per heavy atom. The van der Waals surface area contributed by atoms with E-state index >= 15 is 4.39 Å². The molecule has 0 spiro atoms. The number of piperazine rings is 1. The third-order valence-corrected chi connectivity index (χ3v) is 14.2. The number of hydrogen-bond donors (Lipinski definition) is 2. The number of carbonyl (C=O) groups is 5. The summed E-state index contributed by atoms with van der Waals surface area (Å²) in [4.78, 5) is 80.7. The second-order valence-electron chi connectivity index (χ2n) is 17.3. The molecule has 15 nitrogen and oxygen atoms in total. The van der Waals surface area contributed by atoms with Gasteiger partial charge in [0.2, 0.25) is 11.8 Å². The molecule has 10 rings (SSSR count). The van der Waals surface area contributed by atoms with Gasteiger partial charge in [0.25, 0.3) is 17.7 Å². The van der Waals surface area contributed by atoms with Crippen molar-refractivity contribution >= 4 is 52.6 Å². The van der Waals surface area contributed by atoms with Gasteiger partial charge in [-0.05, 0) is 87.0 Å². The molecule has 2 N–H and O–H groups in total. The van der Waals surface area contributed by atoms with Crippen LogP contribution in [-0.4, -0.2) is 112 Å². The molecule has 6 fully saturated rings. The Labute approximate surface area is 350 Å². The average molecular weight is 836 g/mol. The van der Waals surface area contributed by atoms with Crippen molar-refractivity contribution in [2.75, 3.05) is 42.5 Å². The SMILES string of the molecule is N#Cc1ccc(OC2CCC(NC(=O)c3cnc(N4C[C@H]5CC[C@@H](C4)N5CC4[C@H]5CN(c6cc7c(cc6F)C(=O)N(C6CCC(=O)NC6=O)C7=O)C[C@@H]45)cn3)CC2)cc1Cl. The molecule has 2 aliphatic carbocycles. The lowest BCUT2D eigenvalue weighted by Gasteiger charge is -2.42. The fourth-order valence-electron chi connectivity index (χ4n) is 10.6. The summed E-state index contributed by atoms with van der Waals surface area (Å²) in [5.41, 5.74) is 1.02. The minimum atomic E-state index is -1.10. The molecule has 6 atom stereocenters. The van der Waals surface area contributed by atoms with Gasteiger partial charge in [-0.25, -0.2) is 14.4 Å². The molecule has 2 bridgehead atoms. The zero-order chi connectivity index (χ0) is 41.4. The van der Waals surface area contributed by atoms with Crippen molar-refractivity contribution in [2.45, 2.75) is 81.6 Å². The highest BCUT2D eigenvalue weighted by Crippen LogP contribution is 2.54. The van der Waals surface area contributed by atoms with E-state index in [1.54, 1.807) is 30.6 Å². The van der Waals surface area contributed by atoms with Crippen LogP contribution in [0.4, 0.5) is 15.9 Å². The van der Waals surface area contributed by atoms with Gasteiger partial charge in [-0.1, -0.05) is 11.6 Å². The van der Waals surface area contributed by atoms with Crippen molar-refractivity contribution in [1.29, 1.82) is 5.26 Å². The molecule has 6 heterocycles. The van der Waals surface area contributed by atoms with Gasteiger partial charge in [0.05, 0.1) is 45.9 Å². The second-order valence-corrected chi connectivity index (χ2v) is 17.7. The van der Waals surface area contributed by atoms with E-state index in [4.69, 9.17) is 21.6 Å². The monoisotopic (exact) mass is 835 g/mol. The lowest BCUT2D eigenvalue weighted by atomic mass is 9.93. The number of halogens is 2. The molecule has 2 aromatic carbocycles. The van der Waals surface area contributed by atoms with Gasteiger partial charge < -0.3 is 19.9 Å². The predicted octanol–water partition coefficient (Wildman–Crippen LogP) is 3.70. The number of anilines is 2. The van der Waals surface area contributed by atoms with Gasteiger partial charge in [-0.3, -0.25) is 39.1 Å². The van der Waals surface area contributed by atoms with Gasteiger partial charge in [0.1, 0.15) is 35.2 Å². The number of piperidine rings is 2. The summed E-state index contributed by atoms with van der Waals surface area (Å²) in [5, 5.41) is 14.8. The lowest BCUT2D eigenvalue weighted by Crippen LogP contribution is -2.54. The Balaban J connectivity index is 0.694. The van der Waals surface area contributed by atoms with Crippen LogP contribution in [-0.2, 0) is 9.59 Å². The number of imide groups is 2. The van der Waals surface area contributed by atoms with Crippen molar-refractivity contribution in [3.8, 4) is 11.8 Å². The van der Waals surface area contributed by atoms with Gasteiger partial charge in [-0.2, -0.15) is 5.26 Å². The van der Waals surface area contributed by atoms with E-state index in [0.717, 1.165) is 74.9 Å². The first-order chi connectivity index (χ1) is 29.0. The number of hydrogen-bond acceptors (Lipinski definition) is 12. The Bertz CT molecular complexity index is 2330. The predicted molar refractivity (Wildman–Crippen MR) is 214 cm³/mol. The number of nitrogens with one attached hydrogen (secondary N) is 2. The number of benzene rings is 2. The molecule has 1 aromatic heterocycles. The highest BCUT2D eigenvalue weighted by Gasteiger charge is 2.58. The van der Waals surface area contributed by atoms with Crippen LogP contribution < -0.4 is 25.2 Å². The van der Waals surface area contributed by atoms with Gasteiger partial charge in [0, 0.05) is 63.3 Å². The summed E-state index contributed by atoms with van der Waals surface area (Å²) < 4.78 is 21.6. The zero-order valence-electron chi connectivity index (χ0n) is 32.7. The highest BCUT2D eigenvalue weighted by molar-refractivity contribution is 6.31. The van der Waals surface area contributed by atoms with E-state index < -0.39 is 35.5 Å². The van der Waals surface area contributed by atoms with Crippen molar-refractivity contribution in [1.82, 2.24) is 30.4 Å². The van der Waals surface area contributed by atoms with Gasteiger partial charge >= 0.3 is 0 Å². The first-order valence-electron chi connectivity index (χ1n) is 20.8. The number of rotatable bonds is 9. The van der Waals surface area contributed by atoms with Crippen LogP contribution in [0.2, 0.25) is 5.02 Å². The molecule has 4 saturated heterocycles. The minimum Gasteiger partial charge on any atom is -0.490 e. The molecule has 3 aromatic rings. The Morgan fingerprint density at radius 3 is 2.27 bits per heavy atom. The number of fused-ring (bicyclic) bond motifs is 4. The van der Waals surface area contributed by atoms with E-state index in [0.29, 0.717) is 64.9 Å². The first-order valence-corrected chi connectivity index (χ1v) is 21.2. The number of nitriles is 1. The number of aromatic nitrogens is 2. The maximum atomic E-state index is 15.5. The van der Waals surface area contributed by atoms with Crippen LogP contribution in [0.15, 0.2) is 42.7 Å². The summed E-state index contributed by atoms with van der Waals surface area (Å²) in [6.07, 6.45) is 8.62. The largest absolute Gasteiger partial charge is 0.490 e. The maximum absolute atomic E-state index is 15.5. The molecule has 17 heteroatoms. The summed E-state index contributed by atoms with van der Waals surface area (Å²) in [7, 11) is 0. The fraction of sp³-hybridized carbons (Fsp3) is 0.488. The lowest BCUT2D eigenvalue weighted by molar-refractivity contribution is -0.136. The molecular formula is C43H43ClFN9O6. The van der Waals surface area contributed by atoms with Crippen LogP contribution in [0.25, 0.3) is 0 Å². The quantitative estimate of drug-likeness (QED) is 0.299. The van der Waals surface area contributed by atoms with Gasteiger partial charge in [0.15, 0.2) is 0 Å². The zero-order valence-corrected chi connectivity index (χ0v) is 33.4. The van der Waals surface area contributed by atoms with E-state index in [1.807, 2.05) is 11.0 Å². The normalized spacial score (nSPS) is 29.6. The molecule has 2 unspecified atom stereocenters. The summed E-state index contributed by atoms with van der Waals surface area (Å²) >= 11 is 6.15. The summed E-state index contributed by atoms with van der Waals surface area (Å²) in [6, 6.07) is 9.36. The minimum absolute atomic E-state index is 0.00592. The van der Waals surface area contributed by atoms with E-state index in [-0.39, 0.29) is 47.7 Å². The van der Waals surface area contributed by atoms with Gasteiger partial charge in [-0.15, -0.1) is 0 Å². The molecule has 2 saturated carbocycles. The second kappa shape index (κ2) is 15.1. The van der Waals surface area contributed by atoms with Crippen molar-refractivity contribution < 1.29 is 33.1 Å². The molecule has 7 aliphatic rings. The smallest absolute Gasteiger partial charge is 0.271 e. The van der Waals surface area contributed by atoms with Crippen LogP contribution >= 0.6 is 11.6 Å². The summed E-state index contributed by atoms with van der Waals surface area (Å²) in [5.74, 6) is -0.590. The standard InChI is InChI=1S/C43H43ClFN9O6/c44-33-11-27(6-1-22(33)14-46)60-26-7-2-23(3-8-26)49-40(56)35-15-48-38(16-47-35)52-17-24-4-5-25(18-52)53(24)21-32-30-19-51(20-31(30)32)37-13-29-28(12-34(37)45)42(58)54(43(29)59)36-9-10-39(55)50-41(36)57/h1,6,11-13,15-16,23-26,30-32,36H,2-5,7-10,17-21H2,(H,49,56)(H,50,55,57)/t23?,24-,25+,26?,30-,31+,32?,36?. The highest BCUT2D eigenvalue weighted by atomic mass is 35.5. The van der Waals surface area contributed by atoms with Crippen molar-refractivity contribution in [3.63, 3.8) is 0 Å². The molecular weight excluding hydrogens is 793 g/mol. The Morgan fingerprint density at radius 2 is 1.62 bits per heavy atom. The van der Waals surface area contributed by atoms with Crippen molar-refractivity contribution in [2.24, 2.45) is 17.8 Å². The topological polar surface area (TPSA) is 181 Å². The number of nitrogens with zero attached hydrogens (tertiary/aromatic N) is 7. The molecule has 5 amide bonds. The number of carbonyl (C=O) groups excluding carboxylic acids is 5. The van der Waals surface area contributed by atoms with E-state index in [1.165, 1.54) is 6.07 Å². The van der Waals surface area contributed by atoms with Crippen LogP contribution in [0.1, 0.15) is 88.1 Å². The fourth-order valence-corrected chi connectivity index (χ4v) is 10.8. The number of amides is 5. The third kappa shape index (κ3) is 6.91. The van der Waals surface area contributed by atoms with E-state index in [9.17, 15) is 24.0 Å². The summed E-state index contributed by atoms with van der Waals surface area (Å²) in [6.45, 7) is 3.97. The van der Waals surface area contributed by atoms with Crippen molar-refractivity contribution in [3.05, 3.63) is 75.9 Å².